The Kier molecular flexibility index (Phi) is 9.21. The van der Waals surface area contributed by atoms with E-state index in [1.54, 1.807) is 13.8 Å². The van der Waals surface area contributed by atoms with E-state index in [-0.39, 0.29) is 29.4 Å². The van der Waals surface area contributed by atoms with Gasteiger partial charge in [-0.15, -0.1) is 0 Å². The average molecular weight is 400 g/mol. The van der Waals surface area contributed by atoms with Gasteiger partial charge in [0.05, 0.1) is 12.1 Å². The lowest BCUT2D eigenvalue weighted by Crippen LogP contribution is -2.54. The molecule has 28 heavy (non-hydrogen) atoms. The zero-order valence-corrected chi connectivity index (χ0v) is 18.7. The molecule has 2 amide bonds. The molecule has 1 rings (SSSR count). The molecule has 1 aliphatic carbocycles. The molecule has 7 heteroatoms. The molecule has 7 nitrogen and oxygen atoms in total. The van der Waals surface area contributed by atoms with Crippen LogP contribution in [0.25, 0.3) is 0 Å². The predicted molar refractivity (Wildman–Crippen MR) is 111 cm³/mol. The number of carbonyl (C=O) groups is 2. The van der Waals surface area contributed by atoms with Crippen LogP contribution in [0.4, 0.5) is 4.79 Å². The van der Waals surface area contributed by atoms with Crippen LogP contribution in [-0.2, 0) is 14.3 Å². The highest BCUT2D eigenvalue weighted by Gasteiger charge is 2.42. The summed E-state index contributed by atoms with van der Waals surface area (Å²) in [6.07, 6.45) is 4.31. The van der Waals surface area contributed by atoms with E-state index in [2.05, 4.69) is 38.3 Å². The highest BCUT2D eigenvalue weighted by molar-refractivity contribution is 5.85. The molecule has 4 N–H and O–H groups in total. The summed E-state index contributed by atoms with van der Waals surface area (Å²) in [5.41, 5.74) is 4.90. The van der Waals surface area contributed by atoms with Crippen molar-refractivity contribution in [2.24, 2.45) is 16.6 Å². The van der Waals surface area contributed by atoms with Gasteiger partial charge in [-0.1, -0.05) is 34.1 Å². The van der Waals surface area contributed by atoms with Crippen LogP contribution >= 0.6 is 0 Å². The molecule has 1 aliphatic rings. The van der Waals surface area contributed by atoms with Crippen LogP contribution in [0.15, 0.2) is 0 Å². The van der Waals surface area contributed by atoms with Crippen molar-refractivity contribution in [2.45, 2.75) is 85.2 Å². The summed E-state index contributed by atoms with van der Waals surface area (Å²) in [5, 5.41) is 5.97. The smallest absolute Gasteiger partial charge is 0.407 e. The van der Waals surface area contributed by atoms with E-state index in [0.717, 1.165) is 32.1 Å². The largest absolute Gasteiger partial charge is 0.447 e. The Morgan fingerprint density at radius 1 is 1.14 bits per heavy atom. The second kappa shape index (κ2) is 10.4. The number of amides is 2. The van der Waals surface area contributed by atoms with Crippen LogP contribution in [0.1, 0.15) is 73.6 Å². The Hall–Kier alpha value is -1.34. The molecule has 0 radical (unpaired) electrons. The van der Waals surface area contributed by atoms with Crippen LogP contribution in [0.5, 0.6) is 0 Å². The van der Waals surface area contributed by atoms with Crippen molar-refractivity contribution in [3.8, 4) is 0 Å². The van der Waals surface area contributed by atoms with E-state index in [1.807, 2.05) is 0 Å². The molecule has 2 unspecified atom stereocenters. The van der Waals surface area contributed by atoms with E-state index in [0.29, 0.717) is 19.8 Å². The second-order valence-corrected chi connectivity index (χ2v) is 9.91. The highest BCUT2D eigenvalue weighted by Crippen LogP contribution is 2.45. The van der Waals surface area contributed by atoms with Crippen LogP contribution in [0.3, 0.4) is 0 Å². The van der Waals surface area contributed by atoms with Gasteiger partial charge in [0.25, 0.3) is 0 Å². The monoisotopic (exact) mass is 399 g/mol. The van der Waals surface area contributed by atoms with Crippen molar-refractivity contribution in [3.05, 3.63) is 0 Å². The normalized spacial score (nSPS) is 24.5. The summed E-state index contributed by atoms with van der Waals surface area (Å²) in [7, 11) is 0. The lowest BCUT2D eigenvalue weighted by atomic mass is 9.62. The number of nitrogens with two attached hydrogens (primary N) is 1. The van der Waals surface area contributed by atoms with Crippen molar-refractivity contribution >= 4 is 12.0 Å². The lowest BCUT2D eigenvalue weighted by molar-refractivity contribution is -0.126. The Morgan fingerprint density at radius 3 is 2.43 bits per heavy atom. The van der Waals surface area contributed by atoms with E-state index in [1.165, 1.54) is 0 Å². The Morgan fingerprint density at radius 2 is 1.82 bits per heavy atom. The van der Waals surface area contributed by atoms with E-state index in [4.69, 9.17) is 15.2 Å². The first-order valence-corrected chi connectivity index (χ1v) is 10.5. The first kappa shape index (κ1) is 24.7. The molecule has 1 saturated carbocycles. The third-order valence-corrected chi connectivity index (χ3v) is 5.13. The van der Waals surface area contributed by atoms with Gasteiger partial charge in [-0.2, -0.15) is 0 Å². The molecule has 164 valence electrons. The van der Waals surface area contributed by atoms with Crippen molar-refractivity contribution in [2.75, 3.05) is 26.4 Å². The molecule has 0 bridgehead atoms. The van der Waals surface area contributed by atoms with Crippen molar-refractivity contribution in [1.82, 2.24) is 10.6 Å². The maximum Gasteiger partial charge on any atom is 0.407 e. The Balaban J connectivity index is 2.51. The maximum atomic E-state index is 12.1. The first-order valence-electron chi connectivity index (χ1n) is 10.5. The molecular formula is C21H41N3O4. The molecule has 0 aliphatic heterocycles. The summed E-state index contributed by atoms with van der Waals surface area (Å²) in [4.78, 5) is 24.3. The maximum absolute atomic E-state index is 12.1. The summed E-state index contributed by atoms with van der Waals surface area (Å²) < 4.78 is 10.6. The SMILES string of the molecule is CCCCOCCOC(=O)NC1CC(C)(C)CC(C)(CNC(=O)C(C)(C)N)C1. The van der Waals surface area contributed by atoms with Gasteiger partial charge in [-0.3, -0.25) is 4.79 Å². The number of carbonyl (C=O) groups excluding carboxylic acids is 2. The highest BCUT2D eigenvalue weighted by atomic mass is 16.6. The number of nitrogens with one attached hydrogen (secondary N) is 2. The average Bonchev–Trinajstić information content (AvgIpc) is 2.53. The van der Waals surface area contributed by atoms with Gasteiger partial charge >= 0.3 is 6.09 Å². The molecule has 0 saturated heterocycles. The molecule has 0 heterocycles. The lowest BCUT2D eigenvalue weighted by Gasteiger charge is -2.47. The third kappa shape index (κ3) is 9.24. The predicted octanol–water partition coefficient (Wildman–Crippen LogP) is 2.97. The number of unbranched alkanes of at least 4 members (excludes halogenated alkanes) is 1. The van der Waals surface area contributed by atoms with E-state index < -0.39 is 11.6 Å². The van der Waals surface area contributed by atoms with Crippen LogP contribution in [0.2, 0.25) is 0 Å². The minimum Gasteiger partial charge on any atom is -0.447 e. The van der Waals surface area contributed by atoms with Gasteiger partial charge in [-0.05, 0) is 50.4 Å². The number of hydrogen-bond donors (Lipinski definition) is 3. The van der Waals surface area contributed by atoms with Crippen molar-refractivity contribution < 1.29 is 19.1 Å². The van der Waals surface area contributed by atoms with Gasteiger partial charge < -0.3 is 25.8 Å². The number of rotatable bonds is 10. The number of ether oxygens (including phenoxy) is 2. The Labute approximate surface area is 170 Å². The fraction of sp³-hybridized carbons (Fsp3) is 0.905. The fourth-order valence-corrected chi connectivity index (χ4v) is 4.14. The zero-order chi connectivity index (χ0) is 21.4. The summed E-state index contributed by atoms with van der Waals surface area (Å²) in [6, 6.07) is 0.00467. The Bertz CT molecular complexity index is 516. The fourth-order valence-electron chi connectivity index (χ4n) is 4.14. The third-order valence-electron chi connectivity index (χ3n) is 5.13. The van der Waals surface area contributed by atoms with E-state index >= 15 is 0 Å². The number of hydrogen-bond acceptors (Lipinski definition) is 5. The molecule has 0 aromatic heterocycles. The molecule has 0 spiro atoms. The van der Waals surface area contributed by atoms with Crippen LogP contribution < -0.4 is 16.4 Å². The quantitative estimate of drug-likeness (QED) is 0.490. The molecule has 0 aromatic rings. The van der Waals surface area contributed by atoms with Crippen LogP contribution in [0, 0.1) is 10.8 Å². The number of alkyl carbamates (subject to hydrolysis) is 1. The standard InChI is InChI=1S/C21H41N3O4/c1-7-8-9-27-10-11-28-18(26)24-16-12-19(2,3)14-21(6,13-16)15-23-17(25)20(4,5)22/h16H,7-15,22H2,1-6H3,(H,23,25)(H,24,26). The minimum atomic E-state index is -0.902. The van der Waals surface area contributed by atoms with Crippen molar-refractivity contribution in [3.63, 3.8) is 0 Å². The molecule has 0 aromatic carbocycles. The molecule has 2 atom stereocenters. The topological polar surface area (TPSA) is 103 Å². The zero-order valence-electron chi connectivity index (χ0n) is 18.7. The summed E-state index contributed by atoms with van der Waals surface area (Å²) in [5.74, 6) is -0.163. The van der Waals surface area contributed by atoms with Crippen molar-refractivity contribution in [1.29, 1.82) is 0 Å². The summed E-state index contributed by atoms with van der Waals surface area (Å²) >= 11 is 0. The summed E-state index contributed by atoms with van der Waals surface area (Å²) in [6.45, 7) is 13.9. The molecule has 1 fully saturated rings. The first-order chi connectivity index (χ1) is 12.9. The molecular weight excluding hydrogens is 358 g/mol. The van der Waals surface area contributed by atoms with Gasteiger partial charge in [0.1, 0.15) is 6.61 Å². The van der Waals surface area contributed by atoms with Gasteiger partial charge in [-0.25, -0.2) is 4.79 Å². The van der Waals surface area contributed by atoms with E-state index in [9.17, 15) is 9.59 Å². The minimum absolute atomic E-state index is 0.00467. The van der Waals surface area contributed by atoms with Gasteiger partial charge in [0.15, 0.2) is 0 Å². The van der Waals surface area contributed by atoms with Gasteiger partial charge in [0, 0.05) is 19.2 Å². The second-order valence-electron chi connectivity index (χ2n) is 9.91. The van der Waals surface area contributed by atoms with Crippen LogP contribution in [-0.4, -0.2) is 49.9 Å². The van der Waals surface area contributed by atoms with Gasteiger partial charge in [0.2, 0.25) is 5.91 Å².